The van der Waals surface area contributed by atoms with Crippen molar-refractivity contribution in [2.45, 2.75) is 59.5 Å². The smallest absolute Gasteiger partial charge is 0.435 e. The molecule has 1 aromatic carbocycles. The van der Waals surface area contributed by atoms with Crippen molar-refractivity contribution in [2.75, 3.05) is 5.32 Å². The zero-order valence-electron chi connectivity index (χ0n) is 19.5. The van der Waals surface area contributed by atoms with Gasteiger partial charge in [0.1, 0.15) is 11.4 Å². The van der Waals surface area contributed by atoms with Crippen LogP contribution in [0.2, 0.25) is 0 Å². The molecule has 9 heteroatoms. The molecule has 0 aliphatic heterocycles. The van der Waals surface area contributed by atoms with Crippen LogP contribution in [0, 0.1) is 0 Å². The molecule has 2 heterocycles. The molecule has 0 saturated heterocycles. The van der Waals surface area contributed by atoms with Gasteiger partial charge in [-0.15, -0.1) is 0 Å². The number of fused-ring (bicyclic) bond motifs is 1. The number of rotatable bonds is 3. The lowest BCUT2D eigenvalue weighted by atomic mass is 9.92. The van der Waals surface area contributed by atoms with Gasteiger partial charge in [-0.2, -0.15) is 14.9 Å². The third-order valence-corrected chi connectivity index (χ3v) is 4.34. The first-order valence-electron chi connectivity index (χ1n) is 10.2. The zero-order chi connectivity index (χ0) is 23.8. The van der Waals surface area contributed by atoms with Gasteiger partial charge >= 0.3 is 12.2 Å². The van der Waals surface area contributed by atoms with E-state index in [1.165, 1.54) is 4.68 Å². The van der Waals surface area contributed by atoms with Gasteiger partial charge in [0.25, 0.3) is 0 Å². The average molecular weight is 440 g/mol. The van der Waals surface area contributed by atoms with Crippen LogP contribution in [-0.2, 0) is 14.9 Å². The lowest BCUT2D eigenvalue weighted by Gasteiger charge is -2.19. The van der Waals surface area contributed by atoms with Crippen molar-refractivity contribution in [1.82, 2.24) is 19.6 Å². The normalized spacial score (nSPS) is 12.0. The van der Waals surface area contributed by atoms with E-state index in [9.17, 15) is 9.59 Å². The minimum atomic E-state index is -0.655. The molecule has 2 aromatic heterocycles. The molecule has 3 rings (SSSR count). The number of carbonyl (C=O) groups excluding carboxylic acids is 2. The summed E-state index contributed by atoms with van der Waals surface area (Å²) in [6.45, 7) is 16.7. The molecule has 1 amide bonds. The fourth-order valence-electron chi connectivity index (χ4n) is 2.92. The van der Waals surface area contributed by atoms with E-state index in [0.29, 0.717) is 17.0 Å². The molecule has 0 bridgehead atoms. The second-order valence-electron chi connectivity index (χ2n) is 9.57. The van der Waals surface area contributed by atoms with Gasteiger partial charge < -0.3 is 9.47 Å². The summed E-state index contributed by atoms with van der Waals surface area (Å²) < 4.78 is 13.3. The largest absolute Gasteiger partial charge is 0.442 e. The molecular weight excluding hydrogens is 410 g/mol. The number of carbonyl (C=O) groups is 2. The molecule has 1 N–H and O–H groups in total. The number of benzene rings is 1. The third kappa shape index (κ3) is 5.16. The molecule has 0 fully saturated rings. The van der Waals surface area contributed by atoms with Gasteiger partial charge in [-0.3, -0.25) is 5.32 Å². The maximum atomic E-state index is 12.5. The Bertz CT molecular complexity index is 1190. The Morgan fingerprint density at radius 1 is 1.09 bits per heavy atom. The predicted molar refractivity (Wildman–Crippen MR) is 122 cm³/mol. The Kier molecular flexibility index (Phi) is 5.86. The summed E-state index contributed by atoms with van der Waals surface area (Å²) in [5, 5.41) is 12.3. The molecular formula is C23H29N5O4. The topological polar surface area (TPSA) is 100 Å². The Morgan fingerprint density at radius 2 is 1.78 bits per heavy atom. The molecule has 3 aromatic rings. The van der Waals surface area contributed by atoms with E-state index in [0.717, 1.165) is 11.1 Å². The van der Waals surface area contributed by atoms with Crippen molar-refractivity contribution < 1.29 is 19.1 Å². The van der Waals surface area contributed by atoms with Gasteiger partial charge in [0, 0.05) is 16.9 Å². The highest BCUT2D eigenvalue weighted by molar-refractivity contribution is 5.89. The van der Waals surface area contributed by atoms with E-state index in [2.05, 4.69) is 22.1 Å². The second kappa shape index (κ2) is 8.14. The van der Waals surface area contributed by atoms with Crippen molar-refractivity contribution in [3.05, 3.63) is 48.5 Å². The first-order chi connectivity index (χ1) is 14.7. The standard InChI is InChI=1S/C23H29N5O4/c1-14(2)31-20(29)25-19-12-18(22(3,4)5)26-27(19)16-9-10-17-15(11-16)13-24-28(17)21(30)32-23(6,7)8/h9-13H,1H2,2-8H3,(H,25,29). The summed E-state index contributed by atoms with van der Waals surface area (Å²) in [5.74, 6) is 0.723. The van der Waals surface area contributed by atoms with Crippen LogP contribution >= 0.6 is 0 Å². The summed E-state index contributed by atoms with van der Waals surface area (Å²) in [4.78, 5) is 24.6. The minimum absolute atomic E-state index is 0.244. The van der Waals surface area contributed by atoms with E-state index in [1.54, 1.807) is 56.8 Å². The summed E-state index contributed by atoms with van der Waals surface area (Å²) in [5.41, 5.74) is 1.19. The Labute approximate surface area is 187 Å². The maximum absolute atomic E-state index is 12.5. The van der Waals surface area contributed by atoms with Crippen LogP contribution in [0.3, 0.4) is 0 Å². The molecule has 0 aliphatic carbocycles. The van der Waals surface area contributed by atoms with Gasteiger partial charge in [0.15, 0.2) is 0 Å². The van der Waals surface area contributed by atoms with Crippen LogP contribution in [0.25, 0.3) is 16.6 Å². The van der Waals surface area contributed by atoms with E-state index in [1.807, 2.05) is 26.8 Å². The first kappa shape index (κ1) is 23.1. The van der Waals surface area contributed by atoms with Crippen LogP contribution in [0.1, 0.15) is 54.2 Å². The Morgan fingerprint density at radius 3 is 2.38 bits per heavy atom. The monoisotopic (exact) mass is 439 g/mol. The molecule has 0 atom stereocenters. The lowest BCUT2D eigenvalue weighted by Crippen LogP contribution is -2.27. The van der Waals surface area contributed by atoms with Crippen LogP contribution < -0.4 is 5.32 Å². The third-order valence-electron chi connectivity index (χ3n) is 4.34. The predicted octanol–water partition coefficient (Wildman–Crippen LogP) is 5.38. The van der Waals surface area contributed by atoms with Crippen molar-refractivity contribution in [2.24, 2.45) is 0 Å². The summed E-state index contributed by atoms with van der Waals surface area (Å²) in [6.07, 6.45) is 0.372. The highest BCUT2D eigenvalue weighted by Gasteiger charge is 2.23. The summed E-state index contributed by atoms with van der Waals surface area (Å²) in [7, 11) is 0. The van der Waals surface area contributed by atoms with E-state index in [-0.39, 0.29) is 11.2 Å². The van der Waals surface area contributed by atoms with Crippen molar-refractivity contribution >= 4 is 28.9 Å². The number of anilines is 1. The number of aromatic nitrogens is 4. The van der Waals surface area contributed by atoms with E-state index < -0.39 is 17.8 Å². The van der Waals surface area contributed by atoms with Crippen molar-refractivity contribution in [3.8, 4) is 5.69 Å². The van der Waals surface area contributed by atoms with Crippen LogP contribution in [0.4, 0.5) is 15.4 Å². The molecule has 0 saturated carbocycles. The maximum Gasteiger partial charge on any atom is 0.435 e. The minimum Gasteiger partial charge on any atom is -0.442 e. The number of ether oxygens (including phenoxy) is 2. The fourth-order valence-corrected chi connectivity index (χ4v) is 2.92. The molecule has 0 aliphatic rings. The van der Waals surface area contributed by atoms with Gasteiger partial charge in [-0.25, -0.2) is 14.3 Å². The molecule has 0 unspecified atom stereocenters. The van der Waals surface area contributed by atoms with Crippen LogP contribution in [0.5, 0.6) is 0 Å². The Balaban J connectivity index is 2.02. The number of allylic oxidation sites excluding steroid dienone is 1. The first-order valence-corrected chi connectivity index (χ1v) is 10.2. The number of nitrogens with one attached hydrogen (secondary N) is 1. The van der Waals surface area contributed by atoms with Crippen molar-refractivity contribution in [1.29, 1.82) is 0 Å². The number of hydrogen-bond donors (Lipinski definition) is 1. The molecule has 0 radical (unpaired) electrons. The van der Waals surface area contributed by atoms with E-state index >= 15 is 0 Å². The average Bonchev–Trinajstić information content (AvgIpc) is 3.22. The number of amides is 1. The van der Waals surface area contributed by atoms with Gasteiger partial charge in [-0.1, -0.05) is 27.4 Å². The quantitative estimate of drug-likeness (QED) is 0.550. The molecule has 0 spiro atoms. The van der Waals surface area contributed by atoms with Gasteiger partial charge in [0.05, 0.1) is 28.9 Å². The van der Waals surface area contributed by atoms with Gasteiger partial charge in [-0.05, 0) is 45.9 Å². The summed E-state index contributed by atoms with van der Waals surface area (Å²) in [6, 6.07) is 7.18. The highest BCUT2D eigenvalue weighted by atomic mass is 16.6. The van der Waals surface area contributed by atoms with Crippen molar-refractivity contribution in [3.63, 3.8) is 0 Å². The van der Waals surface area contributed by atoms with Crippen LogP contribution in [0.15, 0.2) is 42.8 Å². The Hall–Kier alpha value is -3.62. The molecule has 9 nitrogen and oxygen atoms in total. The second-order valence-corrected chi connectivity index (χ2v) is 9.57. The molecule has 170 valence electrons. The van der Waals surface area contributed by atoms with E-state index in [4.69, 9.17) is 9.47 Å². The number of nitrogens with zero attached hydrogens (tertiary/aromatic N) is 4. The highest BCUT2D eigenvalue weighted by Crippen LogP contribution is 2.28. The lowest BCUT2D eigenvalue weighted by molar-refractivity contribution is 0.0522. The zero-order valence-corrected chi connectivity index (χ0v) is 19.5. The molecule has 32 heavy (non-hydrogen) atoms. The fraction of sp³-hybridized carbons (Fsp3) is 0.391. The SMILES string of the molecule is C=C(C)OC(=O)Nc1cc(C(C)(C)C)nn1-c1ccc2c(cnn2C(=O)OC(C)(C)C)c1. The summed E-state index contributed by atoms with van der Waals surface area (Å²) >= 11 is 0. The van der Waals surface area contributed by atoms with Gasteiger partial charge in [0.2, 0.25) is 0 Å². The number of hydrogen-bond acceptors (Lipinski definition) is 6. The van der Waals surface area contributed by atoms with Crippen LogP contribution in [-0.4, -0.2) is 37.3 Å².